The first kappa shape index (κ1) is 38.1. The third-order valence-electron chi connectivity index (χ3n) is 9.00. The van der Waals surface area contributed by atoms with Gasteiger partial charge in [-0.3, -0.25) is 0 Å². The molecule has 0 amide bonds. The Morgan fingerprint density at radius 1 is 0.288 bits per heavy atom. The molecule has 0 saturated heterocycles. The van der Waals surface area contributed by atoms with E-state index in [0.29, 0.717) is 0 Å². The van der Waals surface area contributed by atoms with E-state index in [2.05, 4.69) is 162 Å². The van der Waals surface area contributed by atoms with E-state index < -0.39 is 0 Å². The first-order valence-corrected chi connectivity index (χ1v) is 16.2. The molecule has 9 rings (SSSR count). The van der Waals surface area contributed by atoms with Crippen molar-refractivity contribution in [1.29, 1.82) is 0 Å². The van der Waals surface area contributed by atoms with Gasteiger partial charge in [-0.25, -0.2) is 9.97 Å². The maximum atomic E-state index is 5.33. The molecule has 8 heteroatoms. The summed E-state index contributed by atoms with van der Waals surface area (Å²) in [6.45, 7) is 0. The zero-order chi connectivity index (χ0) is 31.9. The number of nitrogens with zero attached hydrogens (tertiary/aromatic N) is 2. The molecule has 0 radical (unpaired) electrons. The number of benzene rings is 4. The number of nitrogens with one attached hydrogen (secondary N) is 2. The van der Waals surface area contributed by atoms with Crippen LogP contribution in [0.1, 0.15) is 22.8 Å². The van der Waals surface area contributed by atoms with E-state index in [-0.39, 0.29) is 54.3 Å². The van der Waals surface area contributed by atoms with Gasteiger partial charge in [0.2, 0.25) is 0 Å². The normalized spacial score (nSPS) is 11.1. The quantitative estimate of drug-likeness (QED) is 0.270. The van der Waals surface area contributed by atoms with Crippen LogP contribution in [0.3, 0.4) is 0 Å². The summed E-state index contributed by atoms with van der Waals surface area (Å²) in [5.74, 6) is 0. The summed E-state index contributed by atoms with van der Waals surface area (Å²) in [7, 11) is 0. The fourth-order valence-electron chi connectivity index (χ4n) is 6.84. The summed E-state index contributed by atoms with van der Waals surface area (Å²) in [5.41, 5.74) is 16.2. The summed E-state index contributed by atoms with van der Waals surface area (Å²) in [5, 5.41) is 0. The van der Waals surface area contributed by atoms with Crippen molar-refractivity contribution in [3.05, 3.63) is 168 Å². The smallest absolute Gasteiger partial charge is 0.0738 e. The van der Waals surface area contributed by atoms with Crippen LogP contribution in [-0.4, -0.2) is 19.9 Å². The molecule has 8 bridgehead atoms. The SMILES string of the molecule is C1=Cc2nc1c(-c1ccccc1)c1nc(c(-c3ccccc3)c3ccc([nH]3)c(-c3ccccc3)c3ccc([nH]3)c2-c2ccccc2)C=C1.[Cl-].[Cl-].[Cl-].[Fe]. The molecule has 2 N–H and O–H groups in total. The van der Waals surface area contributed by atoms with Gasteiger partial charge in [-0.15, -0.1) is 0 Å². The average Bonchev–Trinajstić information content (AvgIpc) is 3.98. The standard InChI is InChI=1S/C44H30N4.3ClH.Fe/c1-5-13-29(14-6-1)41-33-21-23-35(45-33)42(30-15-7-2-8-16-30)37-25-27-39(47-37)44(32-19-11-4-12-20-32)40-28-26-38(48-40)43(31-17-9-3-10-18-31)36-24-22-34(41)46-36;;;;/h1-28,45-46H;3*1H;/p-3. The summed E-state index contributed by atoms with van der Waals surface area (Å²) in [6, 6.07) is 50.7. The Labute approximate surface area is 331 Å². The van der Waals surface area contributed by atoms with Crippen LogP contribution in [0.5, 0.6) is 0 Å². The van der Waals surface area contributed by atoms with Crippen LogP contribution in [-0.2, 0) is 17.1 Å². The van der Waals surface area contributed by atoms with E-state index in [1.807, 2.05) is 18.2 Å². The van der Waals surface area contributed by atoms with E-state index in [1.165, 1.54) is 0 Å². The fourth-order valence-corrected chi connectivity index (χ4v) is 6.84. The van der Waals surface area contributed by atoms with Gasteiger partial charge in [0.05, 0.1) is 22.8 Å². The minimum Gasteiger partial charge on any atom is -1.00 e. The van der Waals surface area contributed by atoms with Crippen molar-refractivity contribution >= 4 is 46.4 Å². The maximum Gasteiger partial charge on any atom is 0.0738 e. The van der Waals surface area contributed by atoms with Crippen molar-refractivity contribution < 1.29 is 54.3 Å². The maximum absolute atomic E-state index is 5.33. The molecule has 2 aliphatic heterocycles. The number of aromatic amines is 2. The van der Waals surface area contributed by atoms with Crippen LogP contribution in [0.2, 0.25) is 0 Å². The van der Waals surface area contributed by atoms with Gasteiger partial charge in [0.25, 0.3) is 0 Å². The Morgan fingerprint density at radius 3 is 0.865 bits per heavy atom. The molecule has 7 aromatic rings. The molecule has 0 atom stereocenters. The average molecular weight is 777 g/mol. The number of hydrogen-bond donors (Lipinski definition) is 2. The van der Waals surface area contributed by atoms with E-state index >= 15 is 0 Å². The van der Waals surface area contributed by atoms with Crippen LogP contribution in [0.15, 0.2) is 146 Å². The van der Waals surface area contributed by atoms with Gasteiger partial charge in [-0.2, -0.15) is 0 Å². The summed E-state index contributed by atoms with van der Waals surface area (Å²) in [6.07, 6.45) is 8.50. The van der Waals surface area contributed by atoms with E-state index in [1.54, 1.807) is 0 Å². The number of rotatable bonds is 4. The van der Waals surface area contributed by atoms with Crippen LogP contribution in [0.4, 0.5) is 0 Å². The minimum absolute atomic E-state index is 0. The monoisotopic (exact) mass is 775 g/mol. The van der Waals surface area contributed by atoms with Crippen LogP contribution >= 0.6 is 0 Å². The van der Waals surface area contributed by atoms with Crippen LogP contribution in [0.25, 0.3) is 90.9 Å². The molecular weight excluding hydrogens is 747 g/mol. The molecule has 0 aliphatic carbocycles. The predicted octanol–water partition coefficient (Wildman–Crippen LogP) is 2.33. The van der Waals surface area contributed by atoms with Crippen LogP contribution in [0, 0.1) is 0 Å². The van der Waals surface area contributed by atoms with Gasteiger partial charge >= 0.3 is 0 Å². The second-order valence-electron chi connectivity index (χ2n) is 12.0. The Hall–Kier alpha value is -5.13. The molecule has 0 fully saturated rings. The second kappa shape index (κ2) is 16.5. The molecule has 2 aliphatic rings. The first-order valence-electron chi connectivity index (χ1n) is 16.2. The van der Waals surface area contributed by atoms with Crippen molar-refractivity contribution in [3.63, 3.8) is 0 Å². The van der Waals surface area contributed by atoms with Crippen LogP contribution < -0.4 is 37.2 Å². The third-order valence-corrected chi connectivity index (χ3v) is 9.00. The summed E-state index contributed by atoms with van der Waals surface area (Å²) < 4.78 is 0. The minimum atomic E-state index is 0. The Morgan fingerprint density at radius 2 is 0.538 bits per heavy atom. The summed E-state index contributed by atoms with van der Waals surface area (Å²) >= 11 is 0. The van der Waals surface area contributed by atoms with Gasteiger partial charge < -0.3 is 47.2 Å². The van der Waals surface area contributed by atoms with Gasteiger partial charge in [0.1, 0.15) is 0 Å². The Kier molecular flexibility index (Phi) is 12.1. The van der Waals surface area contributed by atoms with Gasteiger partial charge in [0, 0.05) is 61.4 Å². The second-order valence-corrected chi connectivity index (χ2v) is 12.0. The van der Waals surface area contributed by atoms with Crippen molar-refractivity contribution in [1.82, 2.24) is 19.9 Å². The van der Waals surface area contributed by atoms with Gasteiger partial charge in [0.15, 0.2) is 0 Å². The molecule has 258 valence electrons. The Balaban J connectivity index is 0.00000131. The third kappa shape index (κ3) is 7.03. The van der Waals surface area contributed by atoms with E-state index in [4.69, 9.17) is 9.97 Å². The van der Waals surface area contributed by atoms with Crippen molar-refractivity contribution in [2.75, 3.05) is 0 Å². The Bertz CT molecular complexity index is 2410. The van der Waals surface area contributed by atoms with E-state index in [9.17, 15) is 0 Å². The topological polar surface area (TPSA) is 57.4 Å². The molecule has 4 aromatic carbocycles. The zero-order valence-electron chi connectivity index (χ0n) is 27.5. The zero-order valence-corrected chi connectivity index (χ0v) is 30.9. The first-order chi connectivity index (χ1) is 23.8. The number of H-pyrrole nitrogens is 2. The summed E-state index contributed by atoms with van der Waals surface area (Å²) in [4.78, 5) is 18.3. The molecule has 0 unspecified atom stereocenters. The molecule has 0 saturated carbocycles. The van der Waals surface area contributed by atoms with Crippen molar-refractivity contribution in [2.45, 2.75) is 0 Å². The number of fused-ring (bicyclic) bond motifs is 8. The van der Waals surface area contributed by atoms with Crippen molar-refractivity contribution in [3.8, 4) is 44.5 Å². The van der Waals surface area contributed by atoms with Gasteiger partial charge in [-0.05, 0) is 70.8 Å². The van der Waals surface area contributed by atoms with Crippen molar-refractivity contribution in [2.24, 2.45) is 0 Å². The largest absolute Gasteiger partial charge is 1.00 e. The molecule has 52 heavy (non-hydrogen) atoms. The molecule has 5 heterocycles. The number of halogens is 3. The van der Waals surface area contributed by atoms with Gasteiger partial charge in [-0.1, -0.05) is 121 Å². The molecular formula is C44H30Cl3FeN4-3. The predicted molar refractivity (Wildman–Crippen MR) is 201 cm³/mol. The van der Waals surface area contributed by atoms with E-state index in [0.717, 1.165) is 89.4 Å². The molecule has 3 aromatic heterocycles. The number of hydrogen-bond acceptors (Lipinski definition) is 2. The molecule has 0 spiro atoms. The number of aromatic nitrogens is 4. The fraction of sp³-hybridized carbons (Fsp3) is 0. The molecule has 4 nitrogen and oxygen atoms in total.